The van der Waals surface area contributed by atoms with Gasteiger partial charge in [-0.15, -0.1) is 0 Å². The fraction of sp³-hybridized carbons (Fsp3) is 0. The second-order valence-electron chi connectivity index (χ2n) is 2.59. The van der Waals surface area contributed by atoms with Crippen LogP contribution < -0.4 is 5.14 Å². The zero-order valence-corrected chi connectivity index (χ0v) is 9.16. The van der Waals surface area contributed by atoms with Gasteiger partial charge < -0.3 is 0 Å². The minimum atomic E-state index is -3.76. The van der Waals surface area contributed by atoms with Crippen molar-refractivity contribution in [1.29, 1.82) is 0 Å². The van der Waals surface area contributed by atoms with Gasteiger partial charge in [0.2, 0.25) is 10.0 Å². The van der Waals surface area contributed by atoms with Gasteiger partial charge in [-0.2, -0.15) is 5.10 Å². The van der Waals surface area contributed by atoms with E-state index in [0.29, 0.717) is 4.47 Å². The van der Waals surface area contributed by atoms with Crippen molar-refractivity contribution in [1.82, 2.24) is 14.6 Å². The standard InChI is InChI=1S/C6H5BrN4O2S/c7-4-1-9-6-5(14(8,12)13)2-10-11(6)3-4/h1-3H,(H2,8,12,13). The van der Waals surface area contributed by atoms with Crippen molar-refractivity contribution in [3.8, 4) is 0 Å². The van der Waals surface area contributed by atoms with Crippen molar-refractivity contribution in [2.45, 2.75) is 4.90 Å². The molecule has 0 saturated carbocycles. The highest BCUT2D eigenvalue weighted by Gasteiger charge is 2.15. The summed E-state index contributed by atoms with van der Waals surface area (Å²) < 4.78 is 24.2. The number of sulfonamides is 1. The molecular formula is C6H5BrN4O2S. The molecule has 74 valence electrons. The summed E-state index contributed by atoms with van der Waals surface area (Å²) in [5.41, 5.74) is 0.218. The van der Waals surface area contributed by atoms with E-state index >= 15 is 0 Å². The maximum atomic E-state index is 11.1. The minimum Gasteiger partial charge on any atom is -0.235 e. The Morgan fingerprint density at radius 3 is 2.79 bits per heavy atom. The Morgan fingerprint density at radius 2 is 2.14 bits per heavy atom. The monoisotopic (exact) mass is 276 g/mol. The van der Waals surface area contributed by atoms with E-state index in [1.54, 1.807) is 6.20 Å². The minimum absolute atomic E-state index is 0.0787. The molecule has 0 atom stereocenters. The Kier molecular flexibility index (Phi) is 2.05. The summed E-state index contributed by atoms with van der Waals surface area (Å²) in [6.07, 6.45) is 4.24. The highest BCUT2D eigenvalue weighted by molar-refractivity contribution is 9.10. The van der Waals surface area contributed by atoms with Gasteiger partial charge >= 0.3 is 0 Å². The molecule has 0 aliphatic heterocycles. The molecule has 0 fully saturated rings. The van der Waals surface area contributed by atoms with Crippen LogP contribution in [0, 0.1) is 0 Å². The van der Waals surface area contributed by atoms with Crippen LogP contribution in [0.15, 0.2) is 28.0 Å². The van der Waals surface area contributed by atoms with Gasteiger partial charge in [-0.05, 0) is 15.9 Å². The fourth-order valence-electron chi connectivity index (χ4n) is 1.03. The Balaban J connectivity index is 2.83. The van der Waals surface area contributed by atoms with Gasteiger partial charge in [0.25, 0.3) is 0 Å². The number of fused-ring (bicyclic) bond motifs is 1. The number of hydrogen-bond acceptors (Lipinski definition) is 4. The molecule has 2 N–H and O–H groups in total. The molecule has 8 heteroatoms. The first kappa shape index (κ1) is 9.56. The largest absolute Gasteiger partial charge is 0.243 e. The highest BCUT2D eigenvalue weighted by atomic mass is 79.9. The molecule has 0 aromatic carbocycles. The SMILES string of the molecule is NS(=O)(=O)c1cnn2cc(Br)cnc12. The summed E-state index contributed by atoms with van der Waals surface area (Å²) in [4.78, 5) is 3.82. The van der Waals surface area contributed by atoms with Gasteiger partial charge in [-0.1, -0.05) is 0 Å². The van der Waals surface area contributed by atoms with E-state index in [2.05, 4.69) is 26.0 Å². The summed E-state index contributed by atoms with van der Waals surface area (Å²) in [5.74, 6) is 0. The molecule has 0 saturated heterocycles. The van der Waals surface area contributed by atoms with Crippen LogP contribution in [0.3, 0.4) is 0 Å². The van der Waals surface area contributed by atoms with Crippen LogP contribution in [0.2, 0.25) is 0 Å². The van der Waals surface area contributed by atoms with E-state index < -0.39 is 10.0 Å². The molecule has 0 unspecified atom stereocenters. The van der Waals surface area contributed by atoms with Crippen LogP contribution in [0.1, 0.15) is 0 Å². The molecule has 0 bridgehead atoms. The third-order valence-electron chi connectivity index (χ3n) is 1.60. The molecule has 14 heavy (non-hydrogen) atoms. The lowest BCUT2D eigenvalue weighted by atomic mass is 10.6. The summed E-state index contributed by atoms with van der Waals surface area (Å²) in [6.45, 7) is 0. The van der Waals surface area contributed by atoms with Gasteiger partial charge in [0, 0.05) is 12.4 Å². The highest BCUT2D eigenvalue weighted by Crippen LogP contribution is 2.15. The van der Waals surface area contributed by atoms with Gasteiger partial charge in [0.05, 0.1) is 10.7 Å². The summed E-state index contributed by atoms with van der Waals surface area (Å²) in [6, 6.07) is 0. The Labute approximate surface area is 87.9 Å². The number of hydrogen-bond donors (Lipinski definition) is 1. The van der Waals surface area contributed by atoms with Gasteiger partial charge in [-0.25, -0.2) is 23.1 Å². The molecule has 0 aliphatic carbocycles. The average molecular weight is 277 g/mol. The topological polar surface area (TPSA) is 90.4 Å². The number of rotatable bonds is 1. The normalized spacial score (nSPS) is 12.1. The van der Waals surface area contributed by atoms with Crippen molar-refractivity contribution >= 4 is 31.6 Å². The summed E-state index contributed by atoms with van der Waals surface area (Å²) in [5, 5.41) is 8.78. The van der Waals surface area contributed by atoms with E-state index in [9.17, 15) is 8.42 Å². The number of aromatic nitrogens is 3. The van der Waals surface area contributed by atoms with Crippen molar-refractivity contribution in [2.24, 2.45) is 5.14 Å². The summed E-state index contributed by atoms with van der Waals surface area (Å²) in [7, 11) is -3.76. The van der Waals surface area contributed by atoms with Gasteiger partial charge in [0.1, 0.15) is 4.90 Å². The number of nitrogens with zero attached hydrogens (tertiary/aromatic N) is 3. The van der Waals surface area contributed by atoms with Crippen molar-refractivity contribution < 1.29 is 8.42 Å². The Bertz CT molecular complexity index is 591. The van der Waals surface area contributed by atoms with Crippen LogP contribution in [0.4, 0.5) is 0 Å². The number of halogens is 1. The first-order chi connectivity index (χ1) is 6.48. The molecule has 2 aromatic rings. The first-order valence-electron chi connectivity index (χ1n) is 3.50. The van der Waals surface area contributed by atoms with E-state index in [4.69, 9.17) is 5.14 Å². The third kappa shape index (κ3) is 1.51. The smallest absolute Gasteiger partial charge is 0.235 e. The third-order valence-corrected chi connectivity index (χ3v) is 2.91. The Hall–Kier alpha value is -0.990. The van der Waals surface area contributed by atoms with E-state index in [1.807, 2.05) is 0 Å². The zero-order valence-electron chi connectivity index (χ0n) is 6.75. The van der Waals surface area contributed by atoms with Crippen LogP contribution in [-0.2, 0) is 10.0 Å². The maximum absolute atomic E-state index is 11.1. The van der Waals surface area contributed by atoms with E-state index in [-0.39, 0.29) is 10.5 Å². The molecule has 0 amide bonds. The predicted molar refractivity (Wildman–Crippen MR) is 52.1 cm³/mol. The van der Waals surface area contributed by atoms with Crippen LogP contribution >= 0.6 is 15.9 Å². The number of nitrogens with two attached hydrogens (primary N) is 1. The van der Waals surface area contributed by atoms with Crippen molar-refractivity contribution in [2.75, 3.05) is 0 Å². The molecular weight excluding hydrogens is 272 g/mol. The molecule has 2 aromatic heterocycles. The molecule has 0 radical (unpaired) electrons. The maximum Gasteiger partial charge on any atom is 0.243 e. The quantitative estimate of drug-likeness (QED) is 0.802. The second-order valence-corrected chi connectivity index (χ2v) is 5.04. The lowest BCUT2D eigenvalue weighted by Gasteiger charge is -1.95. The number of primary sulfonamides is 1. The van der Waals surface area contributed by atoms with Crippen LogP contribution in [0.5, 0.6) is 0 Å². The van der Waals surface area contributed by atoms with Crippen LogP contribution in [-0.4, -0.2) is 23.0 Å². The van der Waals surface area contributed by atoms with E-state index in [0.717, 1.165) is 0 Å². The average Bonchev–Trinajstić information content (AvgIpc) is 2.45. The van der Waals surface area contributed by atoms with Crippen LogP contribution in [0.25, 0.3) is 5.65 Å². The molecule has 0 spiro atoms. The van der Waals surface area contributed by atoms with E-state index in [1.165, 1.54) is 16.9 Å². The molecule has 0 aliphatic rings. The Morgan fingerprint density at radius 1 is 1.43 bits per heavy atom. The lowest BCUT2D eigenvalue weighted by molar-refractivity contribution is 0.598. The lowest BCUT2D eigenvalue weighted by Crippen LogP contribution is -2.12. The zero-order chi connectivity index (χ0) is 10.3. The van der Waals surface area contributed by atoms with Gasteiger partial charge in [-0.3, -0.25) is 0 Å². The molecule has 6 nitrogen and oxygen atoms in total. The van der Waals surface area contributed by atoms with Crippen molar-refractivity contribution in [3.05, 3.63) is 23.1 Å². The summed E-state index contributed by atoms with van der Waals surface area (Å²) >= 11 is 3.19. The fourth-order valence-corrected chi connectivity index (χ4v) is 1.92. The second kappa shape index (κ2) is 3.01. The molecule has 2 heterocycles. The molecule has 2 rings (SSSR count). The van der Waals surface area contributed by atoms with Crippen molar-refractivity contribution in [3.63, 3.8) is 0 Å². The predicted octanol–water partition coefficient (Wildman–Crippen LogP) is 0.139. The first-order valence-corrected chi connectivity index (χ1v) is 5.84. The van der Waals surface area contributed by atoms with Gasteiger partial charge in [0.15, 0.2) is 5.65 Å².